The summed E-state index contributed by atoms with van der Waals surface area (Å²) in [7, 11) is 0. The number of likely N-dealkylation sites (tertiary alicyclic amines) is 1. The SMILES string of the molecule is C=CCN1CCCCCC1CC. The molecule has 1 atom stereocenters. The van der Waals surface area contributed by atoms with Gasteiger partial charge in [-0.2, -0.15) is 0 Å². The normalized spacial score (nSPS) is 26.6. The fraction of sp³-hybridized carbons (Fsp3) is 0.818. The van der Waals surface area contributed by atoms with Crippen molar-refractivity contribution < 1.29 is 0 Å². The van der Waals surface area contributed by atoms with Gasteiger partial charge in [0, 0.05) is 12.6 Å². The number of nitrogens with zero attached hydrogens (tertiary/aromatic N) is 1. The Morgan fingerprint density at radius 2 is 2.25 bits per heavy atom. The van der Waals surface area contributed by atoms with Crippen molar-refractivity contribution in [2.45, 2.75) is 45.1 Å². The van der Waals surface area contributed by atoms with Gasteiger partial charge in [-0.1, -0.05) is 25.8 Å². The lowest BCUT2D eigenvalue weighted by atomic mass is 10.1. The Morgan fingerprint density at radius 1 is 1.42 bits per heavy atom. The molecule has 12 heavy (non-hydrogen) atoms. The second kappa shape index (κ2) is 5.36. The van der Waals surface area contributed by atoms with Crippen molar-refractivity contribution in [3.63, 3.8) is 0 Å². The van der Waals surface area contributed by atoms with E-state index in [1.807, 2.05) is 6.08 Å². The third-order valence-electron chi connectivity index (χ3n) is 2.83. The summed E-state index contributed by atoms with van der Waals surface area (Å²) in [6.45, 7) is 8.47. The highest BCUT2D eigenvalue weighted by Crippen LogP contribution is 2.18. The summed E-state index contributed by atoms with van der Waals surface area (Å²) in [6, 6.07) is 0.825. The van der Waals surface area contributed by atoms with E-state index in [0.29, 0.717) is 0 Å². The zero-order valence-electron chi connectivity index (χ0n) is 8.26. The van der Waals surface area contributed by atoms with E-state index < -0.39 is 0 Å². The summed E-state index contributed by atoms with van der Waals surface area (Å²) in [5.41, 5.74) is 0. The fourth-order valence-electron chi connectivity index (χ4n) is 2.11. The van der Waals surface area contributed by atoms with Gasteiger partial charge in [0.2, 0.25) is 0 Å². The molecular formula is C11H21N. The van der Waals surface area contributed by atoms with Gasteiger partial charge >= 0.3 is 0 Å². The minimum atomic E-state index is 0.825. The molecule has 0 aliphatic carbocycles. The molecule has 1 fully saturated rings. The predicted molar refractivity (Wildman–Crippen MR) is 54.3 cm³/mol. The Kier molecular flexibility index (Phi) is 4.37. The van der Waals surface area contributed by atoms with Crippen molar-refractivity contribution in [1.82, 2.24) is 4.90 Å². The first-order valence-electron chi connectivity index (χ1n) is 5.23. The van der Waals surface area contributed by atoms with Gasteiger partial charge in [-0.3, -0.25) is 4.90 Å². The summed E-state index contributed by atoms with van der Waals surface area (Å²) in [5, 5.41) is 0. The topological polar surface area (TPSA) is 3.24 Å². The molecule has 1 heterocycles. The van der Waals surface area contributed by atoms with Crippen molar-refractivity contribution in [3.8, 4) is 0 Å². The zero-order valence-corrected chi connectivity index (χ0v) is 8.26. The van der Waals surface area contributed by atoms with E-state index in [4.69, 9.17) is 0 Å². The van der Waals surface area contributed by atoms with Gasteiger partial charge in [-0.05, 0) is 25.8 Å². The predicted octanol–water partition coefficient (Wildman–Crippen LogP) is 2.83. The summed E-state index contributed by atoms with van der Waals surface area (Å²) in [4.78, 5) is 2.58. The molecule has 70 valence electrons. The second-order valence-electron chi connectivity index (χ2n) is 3.70. The van der Waals surface area contributed by atoms with E-state index in [2.05, 4.69) is 18.4 Å². The Balaban J connectivity index is 2.44. The van der Waals surface area contributed by atoms with Crippen molar-refractivity contribution in [2.75, 3.05) is 13.1 Å². The van der Waals surface area contributed by atoms with Crippen LogP contribution in [-0.2, 0) is 0 Å². The largest absolute Gasteiger partial charge is 0.297 e. The van der Waals surface area contributed by atoms with E-state index in [-0.39, 0.29) is 0 Å². The Labute approximate surface area is 76.5 Å². The monoisotopic (exact) mass is 167 g/mol. The molecule has 0 bridgehead atoms. The first-order chi connectivity index (χ1) is 5.88. The molecule has 1 rings (SSSR count). The number of hydrogen-bond donors (Lipinski definition) is 0. The first kappa shape index (κ1) is 9.79. The molecule has 0 aromatic heterocycles. The molecule has 0 saturated carbocycles. The minimum Gasteiger partial charge on any atom is -0.297 e. The van der Waals surface area contributed by atoms with Crippen LogP contribution in [0.15, 0.2) is 12.7 Å². The molecule has 0 radical (unpaired) electrons. The van der Waals surface area contributed by atoms with E-state index in [1.54, 1.807) is 0 Å². The van der Waals surface area contributed by atoms with Crippen LogP contribution in [0.2, 0.25) is 0 Å². The molecule has 1 aliphatic heterocycles. The lowest BCUT2D eigenvalue weighted by Crippen LogP contribution is -2.34. The van der Waals surface area contributed by atoms with Crippen molar-refractivity contribution in [1.29, 1.82) is 0 Å². The average molecular weight is 167 g/mol. The molecule has 0 N–H and O–H groups in total. The summed E-state index contributed by atoms with van der Waals surface area (Å²) < 4.78 is 0. The van der Waals surface area contributed by atoms with E-state index >= 15 is 0 Å². The van der Waals surface area contributed by atoms with Crippen molar-refractivity contribution in [3.05, 3.63) is 12.7 Å². The average Bonchev–Trinajstić information content (AvgIpc) is 2.30. The maximum Gasteiger partial charge on any atom is 0.0163 e. The van der Waals surface area contributed by atoms with Crippen LogP contribution in [0.1, 0.15) is 39.0 Å². The minimum absolute atomic E-state index is 0.825. The van der Waals surface area contributed by atoms with E-state index in [9.17, 15) is 0 Å². The van der Waals surface area contributed by atoms with Crippen LogP contribution in [0.4, 0.5) is 0 Å². The summed E-state index contributed by atoms with van der Waals surface area (Å²) in [6.07, 6.45) is 8.95. The quantitative estimate of drug-likeness (QED) is 0.584. The van der Waals surface area contributed by atoms with Gasteiger partial charge in [-0.15, -0.1) is 6.58 Å². The number of rotatable bonds is 3. The van der Waals surface area contributed by atoms with Crippen LogP contribution in [0.25, 0.3) is 0 Å². The Hall–Kier alpha value is -0.300. The van der Waals surface area contributed by atoms with Gasteiger partial charge in [-0.25, -0.2) is 0 Å². The van der Waals surface area contributed by atoms with Crippen LogP contribution >= 0.6 is 0 Å². The molecule has 1 unspecified atom stereocenters. The highest BCUT2D eigenvalue weighted by atomic mass is 15.1. The number of hydrogen-bond acceptors (Lipinski definition) is 1. The third-order valence-corrected chi connectivity index (χ3v) is 2.83. The fourth-order valence-corrected chi connectivity index (χ4v) is 2.11. The smallest absolute Gasteiger partial charge is 0.0163 e. The highest BCUT2D eigenvalue weighted by molar-refractivity contribution is 4.80. The molecule has 1 nitrogen and oxygen atoms in total. The maximum absolute atomic E-state index is 3.81. The molecule has 1 heteroatoms. The summed E-state index contributed by atoms with van der Waals surface area (Å²) >= 11 is 0. The third kappa shape index (κ3) is 2.63. The Bertz CT molecular complexity index is 131. The van der Waals surface area contributed by atoms with Crippen molar-refractivity contribution >= 4 is 0 Å². The lowest BCUT2D eigenvalue weighted by Gasteiger charge is -2.27. The lowest BCUT2D eigenvalue weighted by molar-refractivity contribution is 0.216. The highest BCUT2D eigenvalue weighted by Gasteiger charge is 2.17. The molecular weight excluding hydrogens is 146 g/mol. The van der Waals surface area contributed by atoms with Gasteiger partial charge < -0.3 is 0 Å². The van der Waals surface area contributed by atoms with Crippen LogP contribution in [-0.4, -0.2) is 24.0 Å². The molecule has 0 aromatic rings. The van der Waals surface area contributed by atoms with Crippen molar-refractivity contribution in [2.24, 2.45) is 0 Å². The van der Waals surface area contributed by atoms with Crippen LogP contribution < -0.4 is 0 Å². The molecule has 0 aromatic carbocycles. The molecule has 1 saturated heterocycles. The molecule has 0 amide bonds. The van der Waals surface area contributed by atoms with Crippen LogP contribution in [0, 0.1) is 0 Å². The maximum atomic E-state index is 3.81. The van der Waals surface area contributed by atoms with E-state index in [1.165, 1.54) is 38.6 Å². The molecule has 0 spiro atoms. The second-order valence-corrected chi connectivity index (χ2v) is 3.70. The van der Waals surface area contributed by atoms with Crippen LogP contribution in [0.5, 0.6) is 0 Å². The Morgan fingerprint density at radius 3 is 2.92 bits per heavy atom. The zero-order chi connectivity index (χ0) is 8.81. The van der Waals surface area contributed by atoms with Gasteiger partial charge in [0.25, 0.3) is 0 Å². The van der Waals surface area contributed by atoms with Gasteiger partial charge in [0.1, 0.15) is 0 Å². The first-order valence-corrected chi connectivity index (χ1v) is 5.23. The molecule has 1 aliphatic rings. The summed E-state index contributed by atoms with van der Waals surface area (Å²) in [5.74, 6) is 0. The van der Waals surface area contributed by atoms with Gasteiger partial charge in [0.05, 0.1) is 0 Å². The standard InChI is InChI=1S/C11H21N/c1-3-9-12-10-7-5-6-8-11(12)4-2/h3,11H,1,4-10H2,2H3. The van der Waals surface area contributed by atoms with Crippen LogP contribution in [0.3, 0.4) is 0 Å². The van der Waals surface area contributed by atoms with E-state index in [0.717, 1.165) is 12.6 Å². The van der Waals surface area contributed by atoms with Gasteiger partial charge in [0.15, 0.2) is 0 Å².